The molecule has 17 heavy (non-hydrogen) atoms. The lowest BCUT2D eigenvalue weighted by Gasteiger charge is -1.93. The van der Waals surface area contributed by atoms with Crippen LogP contribution in [-0.2, 0) is 4.79 Å². The van der Waals surface area contributed by atoms with Crippen LogP contribution in [0.15, 0.2) is 37.0 Å². The molecule has 0 saturated carbocycles. The monoisotopic (exact) mass is 240 g/mol. The van der Waals surface area contributed by atoms with Crippen molar-refractivity contribution in [3.05, 3.63) is 37.0 Å². The van der Waals surface area contributed by atoms with Crippen molar-refractivity contribution in [1.29, 1.82) is 0 Å². The first-order valence-corrected chi connectivity index (χ1v) is 5.94. The summed E-state index contributed by atoms with van der Waals surface area (Å²) >= 11 is 0. The first-order valence-electron chi connectivity index (χ1n) is 5.94. The largest absolute Gasteiger partial charge is 0.358 e. The van der Waals surface area contributed by atoms with Crippen molar-refractivity contribution in [2.75, 3.05) is 20.6 Å². The molecule has 0 aromatic carbocycles. The Morgan fingerprint density at radius 2 is 1.82 bits per heavy atom. The summed E-state index contributed by atoms with van der Waals surface area (Å²) in [7, 11) is 3.34. The first kappa shape index (κ1) is 21.0. The van der Waals surface area contributed by atoms with Crippen LogP contribution in [0.4, 0.5) is 0 Å². The van der Waals surface area contributed by atoms with E-state index in [1.165, 1.54) is 0 Å². The van der Waals surface area contributed by atoms with Crippen LogP contribution in [0, 0.1) is 0 Å². The Hall–Kier alpha value is -1.35. The van der Waals surface area contributed by atoms with Gasteiger partial charge in [0.25, 0.3) is 0 Å². The average Bonchev–Trinajstić information content (AvgIpc) is 2.39. The quantitative estimate of drug-likeness (QED) is 0.725. The van der Waals surface area contributed by atoms with Crippen molar-refractivity contribution < 1.29 is 4.79 Å². The summed E-state index contributed by atoms with van der Waals surface area (Å²) in [5.41, 5.74) is 1.14. The topological polar surface area (TPSA) is 41.1 Å². The maximum Gasteiger partial charge on any atom is 0.233 e. The minimum Gasteiger partial charge on any atom is -0.358 e. The summed E-state index contributed by atoms with van der Waals surface area (Å²) in [6, 6.07) is 0. The van der Waals surface area contributed by atoms with E-state index < -0.39 is 0 Å². The van der Waals surface area contributed by atoms with E-state index in [1.807, 2.05) is 26.0 Å². The Labute approximate surface area is 107 Å². The molecule has 0 aliphatic rings. The number of rotatable bonds is 5. The summed E-state index contributed by atoms with van der Waals surface area (Å²) in [4.78, 5) is 10.2. The zero-order valence-electron chi connectivity index (χ0n) is 12.0. The van der Waals surface area contributed by atoms with Crippen LogP contribution in [0.5, 0.6) is 0 Å². The molecule has 0 aromatic rings. The molecule has 0 aliphatic heterocycles. The third-order valence-corrected chi connectivity index (χ3v) is 1.54. The predicted octanol–water partition coefficient (Wildman–Crippen LogP) is 2.67. The van der Waals surface area contributed by atoms with Crippen LogP contribution in [-0.4, -0.2) is 26.5 Å². The summed E-state index contributed by atoms with van der Waals surface area (Å²) in [5, 5.41) is 5.17. The molecule has 0 aliphatic carbocycles. The molecule has 2 N–H and O–H groups in total. The van der Waals surface area contributed by atoms with Gasteiger partial charge in [0, 0.05) is 7.05 Å². The second-order valence-electron chi connectivity index (χ2n) is 2.81. The van der Waals surface area contributed by atoms with Gasteiger partial charge in [-0.05, 0) is 13.5 Å². The smallest absolute Gasteiger partial charge is 0.233 e. The molecular formula is C14H28N2O. The number of nitrogens with one attached hydrogen (secondary N) is 2. The standard InChI is InChI=1S/C8H12.C4H10N2O.C2H6/c1-4-6-7-8(3)5-2;1-5-3-4(7)6-2;1-2/h4,6-7H,1,3,5H2,2H3;5H,3H2,1-2H3,(H,6,7);1-2H3/b7-6-;;. The summed E-state index contributed by atoms with van der Waals surface area (Å²) < 4.78 is 0. The van der Waals surface area contributed by atoms with E-state index in [0.717, 1.165) is 12.0 Å². The second-order valence-corrected chi connectivity index (χ2v) is 2.81. The highest BCUT2D eigenvalue weighted by atomic mass is 16.1. The third-order valence-electron chi connectivity index (χ3n) is 1.54. The van der Waals surface area contributed by atoms with E-state index in [0.29, 0.717) is 6.54 Å². The van der Waals surface area contributed by atoms with Crippen LogP contribution >= 0.6 is 0 Å². The zero-order chi connectivity index (χ0) is 14.1. The summed E-state index contributed by atoms with van der Waals surface area (Å²) in [6.07, 6.45) is 6.63. The van der Waals surface area contributed by atoms with Gasteiger partial charge in [0.2, 0.25) is 5.91 Å². The molecule has 0 atom stereocenters. The number of amides is 1. The maximum atomic E-state index is 10.2. The van der Waals surface area contributed by atoms with E-state index in [1.54, 1.807) is 20.2 Å². The number of hydrogen-bond donors (Lipinski definition) is 2. The Kier molecular flexibility index (Phi) is 24.8. The lowest BCUT2D eigenvalue weighted by Crippen LogP contribution is -2.28. The zero-order valence-corrected chi connectivity index (χ0v) is 12.0. The lowest BCUT2D eigenvalue weighted by molar-refractivity contribution is -0.119. The van der Waals surface area contributed by atoms with Gasteiger partial charge in [-0.3, -0.25) is 4.79 Å². The van der Waals surface area contributed by atoms with Gasteiger partial charge in [-0.2, -0.15) is 0 Å². The van der Waals surface area contributed by atoms with Gasteiger partial charge >= 0.3 is 0 Å². The molecule has 0 saturated heterocycles. The maximum absolute atomic E-state index is 10.2. The number of carbonyl (C=O) groups excluding carboxylic acids is 1. The summed E-state index contributed by atoms with van der Waals surface area (Å²) in [6.45, 7) is 13.8. The Morgan fingerprint density at radius 3 is 2.06 bits per heavy atom. The number of hydrogen-bond acceptors (Lipinski definition) is 2. The Bertz CT molecular complexity index is 220. The summed E-state index contributed by atoms with van der Waals surface area (Å²) in [5.74, 6) is 0.0162. The number of allylic oxidation sites excluding steroid dienone is 4. The molecular weight excluding hydrogens is 212 g/mol. The lowest BCUT2D eigenvalue weighted by atomic mass is 10.2. The van der Waals surface area contributed by atoms with Crippen molar-refractivity contribution in [3.8, 4) is 0 Å². The van der Waals surface area contributed by atoms with Gasteiger partial charge in [-0.25, -0.2) is 0 Å². The molecule has 0 unspecified atom stereocenters. The minimum atomic E-state index is 0.0162. The highest BCUT2D eigenvalue weighted by Gasteiger charge is 1.88. The highest BCUT2D eigenvalue weighted by Crippen LogP contribution is 1.96. The van der Waals surface area contributed by atoms with E-state index in [2.05, 4.69) is 30.7 Å². The molecule has 3 nitrogen and oxygen atoms in total. The molecule has 3 heteroatoms. The first-order chi connectivity index (χ1) is 8.12. The van der Waals surface area contributed by atoms with Gasteiger partial charge < -0.3 is 10.6 Å². The molecule has 1 amide bonds. The third kappa shape index (κ3) is 25.2. The van der Waals surface area contributed by atoms with E-state index in [-0.39, 0.29) is 5.91 Å². The van der Waals surface area contributed by atoms with Gasteiger partial charge in [-0.15, -0.1) is 0 Å². The van der Waals surface area contributed by atoms with E-state index in [4.69, 9.17) is 0 Å². The fraction of sp³-hybridized carbons (Fsp3) is 0.500. The van der Waals surface area contributed by atoms with E-state index >= 15 is 0 Å². The van der Waals surface area contributed by atoms with Crippen LogP contribution < -0.4 is 10.6 Å². The molecule has 0 rings (SSSR count). The van der Waals surface area contributed by atoms with Gasteiger partial charge in [0.15, 0.2) is 0 Å². The average molecular weight is 240 g/mol. The second kappa shape index (κ2) is 20.1. The van der Waals surface area contributed by atoms with Gasteiger partial charge in [0.1, 0.15) is 0 Å². The molecule has 0 spiro atoms. The fourth-order valence-corrected chi connectivity index (χ4v) is 0.571. The van der Waals surface area contributed by atoms with E-state index in [9.17, 15) is 4.79 Å². The van der Waals surface area contributed by atoms with Crippen molar-refractivity contribution in [3.63, 3.8) is 0 Å². The van der Waals surface area contributed by atoms with Crippen LogP contribution in [0.25, 0.3) is 0 Å². The van der Waals surface area contributed by atoms with Crippen molar-refractivity contribution >= 4 is 5.91 Å². The Balaban J connectivity index is -0.000000202. The van der Waals surface area contributed by atoms with Crippen LogP contribution in [0.2, 0.25) is 0 Å². The molecule has 0 bridgehead atoms. The predicted molar refractivity (Wildman–Crippen MR) is 78.1 cm³/mol. The van der Waals surface area contributed by atoms with Crippen molar-refractivity contribution in [1.82, 2.24) is 10.6 Å². The fourth-order valence-electron chi connectivity index (χ4n) is 0.571. The minimum absolute atomic E-state index is 0.0162. The van der Waals surface area contributed by atoms with Crippen LogP contribution in [0.3, 0.4) is 0 Å². The molecule has 0 fully saturated rings. The number of likely N-dealkylation sites (N-methyl/N-ethyl adjacent to an activating group) is 2. The Morgan fingerprint density at radius 1 is 1.29 bits per heavy atom. The molecule has 100 valence electrons. The highest BCUT2D eigenvalue weighted by molar-refractivity contribution is 5.77. The molecule has 0 radical (unpaired) electrons. The molecule has 0 aromatic heterocycles. The molecule has 0 heterocycles. The number of carbonyl (C=O) groups is 1. The SMILES string of the molecule is C=C/C=C\C(=C)CC.CC.CNCC(=O)NC. The van der Waals surface area contributed by atoms with Crippen molar-refractivity contribution in [2.24, 2.45) is 0 Å². The van der Waals surface area contributed by atoms with Gasteiger partial charge in [-0.1, -0.05) is 57.7 Å². The van der Waals surface area contributed by atoms with Gasteiger partial charge in [0.05, 0.1) is 6.54 Å². The van der Waals surface area contributed by atoms with Crippen LogP contribution in [0.1, 0.15) is 27.2 Å². The van der Waals surface area contributed by atoms with Crippen molar-refractivity contribution in [2.45, 2.75) is 27.2 Å². The normalized spacial score (nSPS) is 8.29.